The van der Waals surface area contributed by atoms with Crippen LogP contribution >= 0.6 is 0 Å². The van der Waals surface area contributed by atoms with Crippen LogP contribution in [0.1, 0.15) is 0 Å². The van der Waals surface area contributed by atoms with Gasteiger partial charge in [-0.1, -0.05) is 6.55 Å². The molecule has 0 aliphatic rings. The third-order valence-electron chi connectivity index (χ3n) is 1.49. The van der Waals surface area contributed by atoms with E-state index in [0.717, 1.165) is 0 Å². The van der Waals surface area contributed by atoms with Gasteiger partial charge in [-0.3, -0.25) is 4.58 Å². The van der Waals surface area contributed by atoms with Crippen LogP contribution in [0.15, 0.2) is 0 Å². The van der Waals surface area contributed by atoms with Gasteiger partial charge in [0.2, 0.25) is 9.76 Å². The standard InChI is InChI=1S/C5H22O5Si5/c1-11-6-7-13(3)9-15(5)10-14(4)8-12-2/h13-15H,11-12H2,1-5H3. The Hall–Kier alpha value is 0.884. The molecule has 0 radical (unpaired) electrons. The molecule has 5 nitrogen and oxygen atoms in total. The van der Waals surface area contributed by atoms with Gasteiger partial charge in [-0.05, 0) is 26.2 Å². The molecule has 0 saturated carbocycles. The fraction of sp³-hybridized carbons (Fsp3) is 1.00. The van der Waals surface area contributed by atoms with E-state index >= 15 is 0 Å². The van der Waals surface area contributed by atoms with Crippen LogP contribution in [0.5, 0.6) is 0 Å². The zero-order valence-corrected chi connectivity index (χ0v) is 16.5. The minimum absolute atomic E-state index is 0.352. The van der Waals surface area contributed by atoms with Gasteiger partial charge in [-0.25, -0.2) is 0 Å². The van der Waals surface area contributed by atoms with Crippen molar-refractivity contribution in [2.75, 3.05) is 0 Å². The Balaban J connectivity index is 3.57. The lowest BCUT2D eigenvalue weighted by Gasteiger charge is -2.20. The molecule has 0 N–H and O–H groups in total. The summed E-state index contributed by atoms with van der Waals surface area (Å²) >= 11 is 0. The van der Waals surface area contributed by atoms with Gasteiger partial charge < -0.3 is 16.9 Å². The maximum atomic E-state index is 5.72. The highest BCUT2D eigenvalue weighted by Gasteiger charge is 2.17. The fourth-order valence-corrected chi connectivity index (χ4v) is 10.6. The van der Waals surface area contributed by atoms with Gasteiger partial charge in [0.05, 0.1) is 0 Å². The summed E-state index contributed by atoms with van der Waals surface area (Å²) in [5.74, 6) is 0. The van der Waals surface area contributed by atoms with Crippen molar-refractivity contribution in [2.45, 2.75) is 32.7 Å². The second-order valence-corrected chi connectivity index (χ2v) is 11.4. The zero-order chi connectivity index (χ0) is 11.7. The van der Waals surface area contributed by atoms with Gasteiger partial charge in [0, 0.05) is 0 Å². The first-order valence-corrected chi connectivity index (χ1v) is 15.6. The lowest BCUT2D eigenvalue weighted by atomic mass is 11.9. The molecule has 0 aliphatic heterocycles. The topological polar surface area (TPSA) is 46.2 Å². The lowest BCUT2D eigenvalue weighted by Crippen LogP contribution is -2.35. The molecule has 15 heavy (non-hydrogen) atoms. The lowest BCUT2D eigenvalue weighted by molar-refractivity contribution is -0.117. The first kappa shape index (κ1) is 15.9. The molecule has 0 aromatic heterocycles. The predicted molar refractivity (Wildman–Crippen MR) is 73.3 cm³/mol. The van der Waals surface area contributed by atoms with E-state index in [1.54, 1.807) is 0 Å². The number of rotatable bonds is 9. The van der Waals surface area contributed by atoms with E-state index in [9.17, 15) is 0 Å². The van der Waals surface area contributed by atoms with Crippen molar-refractivity contribution in [3.63, 3.8) is 0 Å². The van der Waals surface area contributed by atoms with E-state index in [0.29, 0.717) is 0 Å². The van der Waals surface area contributed by atoms with Crippen LogP contribution in [-0.4, -0.2) is 47.4 Å². The average Bonchev–Trinajstić information content (AvgIpc) is 2.14. The van der Waals surface area contributed by atoms with Gasteiger partial charge >= 0.3 is 9.28 Å². The summed E-state index contributed by atoms with van der Waals surface area (Å²) in [4.78, 5) is 0. The summed E-state index contributed by atoms with van der Waals surface area (Å²) in [5.41, 5.74) is 0. The maximum absolute atomic E-state index is 5.72. The largest absolute Gasteiger partial charge is 0.444 e. The minimum atomic E-state index is -1.63. The smallest absolute Gasteiger partial charge is 0.346 e. The molecule has 0 aliphatic carbocycles. The molecule has 0 heterocycles. The molecule has 0 bridgehead atoms. The predicted octanol–water partition coefficient (Wildman–Crippen LogP) is -1.20. The Labute approximate surface area is 102 Å². The van der Waals surface area contributed by atoms with Crippen LogP contribution in [0.3, 0.4) is 0 Å². The maximum Gasteiger partial charge on any atom is 0.346 e. The fourth-order valence-electron chi connectivity index (χ4n) is 1.03. The highest BCUT2D eigenvalue weighted by Crippen LogP contribution is 1.98. The van der Waals surface area contributed by atoms with Crippen molar-refractivity contribution >= 4 is 47.4 Å². The molecule has 0 fully saturated rings. The van der Waals surface area contributed by atoms with E-state index in [4.69, 9.17) is 21.5 Å². The molecular weight excluding hydrogens is 280 g/mol. The highest BCUT2D eigenvalue weighted by molar-refractivity contribution is 6.65. The molecule has 0 aromatic carbocycles. The van der Waals surface area contributed by atoms with Gasteiger partial charge in [-0.15, -0.1) is 0 Å². The second kappa shape index (κ2) is 10.1. The Bertz CT molecular complexity index is 152. The first-order chi connectivity index (χ1) is 7.10. The molecule has 0 spiro atoms. The first-order valence-electron chi connectivity index (χ1n) is 5.30. The Kier molecular flexibility index (Phi) is 10.7. The molecular formula is C5H22O5Si5. The van der Waals surface area contributed by atoms with Gasteiger partial charge in [0.15, 0.2) is 0 Å². The van der Waals surface area contributed by atoms with Crippen molar-refractivity contribution < 1.29 is 21.5 Å². The normalized spacial score (nSPS) is 19.0. The van der Waals surface area contributed by atoms with Crippen LogP contribution in [0, 0.1) is 0 Å². The van der Waals surface area contributed by atoms with E-state index in [-0.39, 0.29) is 9.76 Å². The zero-order valence-electron chi connectivity index (χ0n) is 10.2. The Morgan fingerprint density at radius 1 is 0.800 bits per heavy atom. The van der Waals surface area contributed by atoms with Crippen LogP contribution in [0.4, 0.5) is 0 Å². The molecule has 0 aromatic rings. The Morgan fingerprint density at radius 3 is 1.93 bits per heavy atom. The molecule has 0 rings (SSSR count). The van der Waals surface area contributed by atoms with Gasteiger partial charge in [0.1, 0.15) is 9.76 Å². The van der Waals surface area contributed by atoms with E-state index in [2.05, 4.69) is 6.55 Å². The van der Waals surface area contributed by atoms with Crippen molar-refractivity contribution in [1.82, 2.24) is 0 Å². The van der Waals surface area contributed by atoms with Crippen LogP contribution in [-0.2, 0) is 21.5 Å². The third kappa shape index (κ3) is 9.79. The monoisotopic (exact) mass is 302 g/mol. The summed E-state index contributed by atoms with van der Waals surface area (Å²) in [5, 5.41) is 0. The molecule has 3 unspecified atom stereocenters. The molecule has 10 heteroatoms. The Morgan fingerprint density at radius 2 is 1.40 bits per heavy atom. The van der Waals surface area contributed by atoms with E-state index in [1.165, 1.54) is 0 Å². The van der Waals surface area contributed by atoms with Crippen LogP contribution < -0.4 is 0 Å². The minimum Gasteiger partial charge on any atom is -0.444 e. The summed E-state index contributed by atoms with van der Waals surface area (Å²) < 4.78 is 27.0. The van der Waals surface area contributed by atoms with Gasteiger partial charge in [0.25, 0.3) is 18.6 Å². The van der Waals surface area contributed by atoms with Crippen LogP contribution in [0.2, 0.25) is 32.7 Å². The van der Waals surface area contributed by atoms with Crippen molar-refractivity contribution in [3.05, 3.63) is 0 Å². The van der Waals surface area contributed by atoms with Crippen molar-refractivity contribution in [1.29, 1.82) is 0 Å². The average molecular weight is 303 g/mol. The highest BCUT2D eigenvalue weighted by atomic mass is 28.4. The quantitative estimate of drug-likeness (QED) is 0.304. The van der Waals surface area contributed by atoms with E-state index in [1.807, 2.05) is 26.2 Å². The van der Waals surface area contributed by atoms with E-state index < -0.39 is 37.6 Å². The van der Waals surface area contributed by atoms with Gasteiger partial charge in [-0.2, -0.15) is 0 Å². The molecule has 92 valence electrons. The molecule has 0 saturated heterocycles. The molecule has 0 amide bonds. The van der Waals surface area contributed by atoms with Crippen molar-refractivity contribution in [2.24, 2.45) is 0 Å². The summed E-state index contributed by atoms with van der Waals surface area (Å²) in [6, 6.07) is 0. The molecule has 3 atom stereocenters. The SMILES string of the molecule is C[SiH2]OO[SiH](C)O[SiH](C)O[SiH](C)O[SiH2]C. The van der Waals surface area contributed by atoms with Crippen LogP contribution in [0.25, 0.3) is 0 Å². The second-order valence-electron chi connectivity index (χ2n) is 2.93. The van der Waals surface area contributed by atoms with Crippen molar-refractivity contribution in [3.8, 4) is 0 Å². The summed E-state index contributed by atoms with van der Waals surface area (Å²) in [7, 11) is -5.45. The summed E-state index contributed by atoms with van der Waals surface area (Å²) in [6.07, 6.45) is 0. The third-order valence-corrected chi connectivity index (χ3v) is 11.9. The summed E-state index contributed by atoms with van der Waals surface area (Å²) in [6.45, 7) is 10.2. The number of hydrogen-bond acceptors (Lipinski definition) is 5. The number of hydrogen-bond donors (Lipinski definition) is 0.